The van der Waals surface area contributed by atoms with E-state index in [2.05, 4.69) is 10.6 Å². The summed E-state index contributed by atoms with van der Waals surface area (Å²) in [5, 5.41) is 5.47. The molecule has 1 aromatic carbocycles. The van der Waals surface area contributed by atoms with Crippen molar-refractivity contribution in [2.75, 3.05) is 19.6 Å². The van der Waals surface area contributed by atoms with Gasteiger partial charge in [0.05, 0.1) is 12.2 Å². The molecule has 1 aromatic rings. The SMILES string of the molecule is CC1CN(C(=O)c2ccc(CNC(=O)CN3C(=O)NC(C)(C4CC4)C3=O)cc2)CC(C)O1. The Morgan fingerprint density at radius 3 is 2.34 bits per heavy atom. The van der Waals surface area contributed by atoms with Crippen molar-refractivity contribution in [1.82, 2.24) is 20.4 Å². The van der Waals surface area contributed by atoms with Gasteiger partial charge in [-0.05, 0) is 57.2 Å². The Hall–Kier alpha value is -2.94. The third-order valence-corrected chi connectivity index (χ3v) is 6.39. The second kappa shape index (κ2) is 8.54. The average Bonchev–Trinajstić information content (AvgIpc) is 3.57. The Kier molecular flexibility index (Phi) is 5.94. The molecular weight excluding hydrogens is 412 g/mol. The molecule has 4 rings (SSSR count). The summed E-state index contributed by atoms with van der Waals surface area (Å²) in [5.74, 6) is -0.642. The molecule has 1 aliphatic carbocycles. The van der Waals surface area contributed by atoms with E-state index in [-0.39, 0.29) is 43.0 Å². The minimum atomic E-state index is -0.893. The molecule has 0 aromatic heterocycles. The van der Waals surface area contributed by atoms with Crippen LogP contribution >= 0.6 is 0 Å². The summed E-state index contributed by atoms with van der Waals surface area (Å²) in [6.45, 7) is 6.68. The lowest BCUT2D eigenvalue weighted by Crippen LogP contribution is -2.48. The highest BCUT2D eigenvalue weighted by Crippen LogP contribution is 2.42. The largest absolute Gasteiger partial charge is 0.372 e. The molecule has 0 spiro atoms. The number of amides is 5. The molecule has 3 atom stereocenters. The van der Waals surface area contributed by atoms with Crippen LogP contribution in [0.5, 0.6) is 0 Å². The van der Waals surface area contributed by atoms with E-state index in [0.717, 1.165) is 23.3 Å². The first-order valence-electron chi connectivity index (χ1n) is 11.1. The highest BCUT2D eigenvalue weighted by Gasteiger charge is 2.56. The van der Waals surface area contributed by atoms with Crippen molar-refractivity contribution in [3.8, 4) is 0 Å². The molecule has 3 unspecified atom stereocenters. The molecule has 1 saturated carbocycles. The normalized spacial score (nSPS) is 28.0. The van der Waals surface area contributed by atoms with E-state index >= 15 is 0 Å². The molecule has 3 aliphatic rings. The molecule has 172 valence electrons. The minimum absolute atomic E-state index is 0.00361. The lowest BCUT2D eigenvalue weighted by atomic mass is 9.96. The Bertz CT molecular complexity index is 919. The fraction of sp³-hybridized carbons (Fsp3) is 0.565. The van der Waals surface area contributed by atoms with Crippen LogP contribution < -0.4 is 10.6 Å². The number of carbonyl (C=O) groups excluding carboxylic acids is 4. The lowest BCUT2D eigenvalue weighted by molar-refractivity contribution is -0.135. The standard InChI is InChI=1S/C23H30N4O5/c1-14-11-26(12-15(2)32-14)20(29)17-6-4-16(5-7-17)10-24-19(28)13-27-21(30)23(3,18-8-9-18)25-22(27)31/h4-7,14-15,18H,8-13H2,1-3H3,(H,24,28)(H,25,31). The molecular formula is C23H30N4O5. The van der Waals surface area contributed by atoms with Gasteiger partial charge in [-0.3, -0.25) is 19.3 Å². The average molecular weight is 443 g/mol. The zero-order valence-electron chi connectivity index (χ0n) is 18.7. The quantitative estimate of drug-likeness (QED) is 0.645. The molecule has 3 fully saturated rings. The summed E-state index contributed by atoms with van der Waals surface area (Å²) in [5.41, 5.74) is 0.509. The third kappa shape index (κ3) is 4.48. The number of carbonyl (C=O) groups is 4. The predicted octanol–water partition coefficient (Wildman–Crippen LogP) is 1.27. The van der Waals surface area contributed by atoms with Gasteiger partial charge in [0.25, 0.3) is 11.8 Å². The fourth-order valence-corrected chi connectivity index (χ4v) is 4.49. The number of morpholine rings is 1. The van der Waals surface area contributed by atoms with Crippen LogP contribution in [0, 0.1) is 5.92 Å². The van der Waals surface area contributed by atoms with Crippen LogP contribution in [0.15, 0.2) is 24.3 Å². The van der Waals surface area contributed by atoms with Crippen molar-refractivity contribution in [3.63, 3.8) is 0 Å². The zero-order valence-corrected chi connectivity index (χ0v) is 18.7. The zero-order chi connectivity index (χ0) is 23.0. The summed E-state index contributed by atoms with van der Waals surface area (Å²) >= 11 is 0. The van der Waals surface area contributed by atoms with E-state index in [9.17, 15) is 19.2 Å². The van der Waals surface area contributed by atoms with Gasteiger partial charge in [-0.15, -0.1) is 0 Å². The second-order valence-electron chi connectivity index (χ2n) is 9.24. The van der Waals surface area contributed by atoms with Crippen molar-refractivity contribution in [2.24, 2.45) is 5.92 Å². The molecule has 5 amide bonds. The number of nitrogens with zero attached hydrogens (tertiary/aromatic N) is 2. The van der Waals surface area contributed by atoms with Crippen LogP contribution in [0.2, 0.25) is 0 Å². The summed E-state index contributed by atoms with van der Waals surface area (Å²) < 4.78 is 5.68. The van der Waals surface area contributed by atoms with Gasteiger partial charge < -0.3 is 20.3 Å². The van der Waals surface area contributed by atoms with Gasteiger partial charge in [0.1, 0.15) is 12.1 Å². The van der Waals surface area contributed by atoms with E-state index in [0.29, 0.717) is 18.7 Å². The Morgan fingerprint density at radius 1 is 1.12 bits per heavy atom. The fourth-order valence-electron chi connectivity index (χ4n) is 4.49. The molecule has 9 nitrogen and oxygen atoms in total. The molecule has 0 bridgehead atoms. The summed E-state index contributed by atoms with van der Waals surface area (Å²) in [6.07, 6.45) is 1.82. The maximum atomic E-state index is 12.8. The molecule has 0 radical (unpaired) electrons. The number of ether oxygens (including phenoxy) is 1. The van der Waals surface area contributed by atoms with Crippen LogP contribution in [0.3, 0.4) is 0 Å². The minimum Gasteiger partial charge on any atom is -0.372 e. The van der Waals surface area contributed by atoms with E-state index in [1.54, 1.807) is 36.1 Å². The molecule has 9 heteroatoms. The highest BCUT2D eigenvalue weighted by molar-refractivity contribution is 6.09. The van der Waals surface area contributed by atoms with Crippen molar-refractivity contribution < 1.29 is 23.9 Å². The van der Waals surface area contributed by atoms with Gasteiger partial charge in [0.2, 0.25) is 5.91 Å². The lowest BCUT2D eigenvalue weighted by Gasteiger charge is -2.35. The first kappa shape index (κ1) is 22.3. The van der Waals surface area contributed by atoms with Crippen molar-refractivity contribution in [1.29, 1.82) is 0 Å². The molecule has 32 heavy (non-hydrogen) atoms. The van der Waals surface area contributed by atoms with Crippen LogP contribution in [0.25, 0.3) is 0 Å². The van der Waals surface area contributed by atoms with Crippen LogP contribution in [-0.2, 0) is 20.9 Å². The number of imide groups is 1. The van der Waals surface area contributed by atoms with Crippen molar-refractivity contribution in [3.05, 3.63) is 35.4 Å². The number of hydrogen-bond donors (Lipinski definition) is 2. The Labute approximate surface area is 187 Å². The number of urea groups is 1. The second-order valence-corrected chi connectivity index (χ2v) is 9.24. The van der Waals surface area contributed by atoms with Gasteiger partial charge in [0.15, 0.2) is 0 Å². The highest BCUT2D eigenvalue weighted by atomic mass is 16.5. The van der Waals surface area contributed by atoms with Gasteiger partial charge in [-0.25, -0.2) is 4.79 Å². The van der Waals surface area contributed by atoms with E-state index in [4.69, 9.17) is 4.74 Å². The van der Waals surface area contributed by atoms with Crippen molar-refractivity contribution >= 4 is 23.8 Å². The van der Waals surface area contributed by atoms with Gasteiger partial charge in [-0.1, -0.05) is 12.1 Å². The number of hydrogen-bond acceptors (Lipinski definition) is 5. The van der Waals surface area contributed by atoms with Crippen LogP contribution in [-0.4, -0.2) is 70.9 Å². The van der Waals surface area contributed by atoms with E-state index < -0.39 is 17.5 Å². The van der Waals surface area contributed by atoms with Gasteiger partial charge >= 0.3 is 6.03 Å². The number of benzene rings is 1. The smallest absolute Gasteiger partial charge is 0.325 e. The van der Waals surface area contributed by atoms with Crippen LogP contribution in [0.1, 0.15) is 49.5 Å². The van der Waals surface area contributed by atoms with Crippen LogP contribution in [0.4, 0.5) is 4.79 Å². The van der Waals surface area contributed by atoms with E-state index in [1.165, 1.54) is 0 Å². The van der Waals surface area contributed by atoms with Gasteiger partial charge in [-0.2, -0.15) is 0 Å². The first-order chi connectivity index (χ1) is 15.2. The monoisotopic (exact) mass is 442 g/mol. The summed E-state index contributed by atoms with van der Waals surface area (Å²) in [7, 11) is 0. The number of rotatable bonds is 6. The Balaban J connectivity index is 1.29. The van der Waals surface area contributed by atoms with E-state index in [1.807, 2.05) is 13.8 Å². The molecule has 2 N–H and O–H groups in total. The van der Waals surface area contributed by atoms with Gasteiger partial charge in [0, 0.05) is 25.2 Å². The first-order valence-corrected chi connectivity index (χ1v) is 11.1. The predicted molar refractivity (Wildman–Crippen MR) is 116 cm³/mol. The maximum Gasteiger partial charge on any atom is 0.325 e. The maximum absolute atomic E-state index is 12.8. The third-order valence-electron chi connectivity index (χ3n) is 6.39. The molecule has 2 saturated heterocycles. The van der Waals surface area contributed by atoms with Crippen molar-refractivity contribution in [2.45, 2.75) is 57.9 Å². The topological polar surface area (TPSA) is 108 Å². The summed E-state index contributed by atoms with van der Waals surface area (Å²) in [4.78, 5) is 52.7. The molecule has 2 aliphatic heterocycles. The molecule has 2 heterocycles. The number of nitrogens with one attached hydrogen (secondary N) is 2. The Morgan fingerprint density at radius 2 is 1.75 bits per heavy atom. The summed E-state index contributed by atoms with van der Waals surface area (Å²) in [6, 6.07) is 6.55.